The van der Waals surface area contributed by atoms with Crippen molar-refractivity contribution in [3.05, 3.63) is 35.5 Å². The molecule has 0 amide bonds. The first-order valence-electron chi connectivity index (χ1n) is 7.49. The number of aromatic nitrogens is 2. The minimum Gasteiger partial charge on any atom is -0.454 e. The summed E-state index contributed by atoms with van der Waals surface area (Å²) in [5.74, 6) is 1.75. The first-order chi connectivity index (χ1) is 10.8. The number of hydrogen-bond acceptors (Lipinski definition) is 4. The van der Waals surface area contributed by atoms with E-state index in [0.29, 0.717) is 6.42 Å². The van der Waals surface area contributed by atoms with Crippen LogP contribution in [0.1, 0.15) is 31.4 Å². The molecule has 0 radical (unpaired) electrons. The summed E-state index contributed by atoms with van der Waals surface area (Å²) in [5, 5.41) is 7.31. The summed E-state index contributed by atoms with van der Waals surface area (Å²) in [4.78, 5) is 11.9. The maximum atomic E-state index is 11.9. The summed E-state index contributed by atoms with van der Waals surface area (Å²) in [5.41, 5.74) is 3.54. The number of carbonyl (C=O) groups excluding carboxylic acids is 1. The molecule has 2 heterocycles. The van der Waals surface area contributed by atoms with Crippen molar-refractivity contribution < 1.29 is 14.3 Å². The monoisotopic (exact) mass is 296 g/mol. The molecule has 0 bridgehead atoms. The molecule has 22 heavy (non-hydrogen) atoms. The molecule has 1 saturated carbocycles. The van der Waals surface area contributed by atoms with Crippen molar-refractivity contribution in [2.24, 2.45) is 0 Å². The first-order valence-corrected chi connectivity index (χ1v) is 7.49. The van der Waals surface area contributed by atoms with E-state index in [4.69, 9.17) is 9.47 Å². The van der Waals surface area contributed by atoms with Gasteiger partial charge in [0.15, 0.2) is 17.3 Å². The van der Waals surface area contributed by atoms with Crippen molar-refractivity contribution in [1.29, 1.82) is 0 Å². The highest BCUT2D eigenvalue weighted by atomic mass is 16.7. The molecule has 2 aliphatic rings. The van der Waals surface area contributed by atoms with Crippen LogP contribution in [0.15, 0.2) is 29.8 Å². The lowest BCUT2D eigenvalue weighted by molar-refractivity contribution is -0.116. The lowest BCUT2D eigenvalue weighted by Crippen LogP contribution is -2.07. The molecule has 0 atom stereocenters. The number of hydrogen-bond donors (Lipinski definition) is 1. The second-order valence-corrected chi connectivity index (χ2v) is 5.58. The number of aromatic amines is 1. The Morgan fingerprint density at radius 1 is 1.09 bits per heavy atom. The van der Waals surface area contributed by atoms with E-state index >= 15 is 0 Å². The van der Waals surface area contributed by atoms with Crippen molar-refractivity contribution in [2.45, 2.75) is 25.7 Å². The van der Waals surface area contributed by atoms with Crippen molar-refractivity contribution in [1.82, 2.24) is 10.2 Å². The number of nitrogens with one attached hydrogen (secondary N) is 1. The lowest BCUT2D eigenvalue weighted by Gasteiger charge is -2.11. The quantitative estimate of drug-likeness (QED) is 0.863. The maximum absolute atomic E-state index is 11.9. The van der Waals surface area contributed by atoms with Crippen LogP contribution in [0.25, 0.3) is 17.3 Å². The Morgan fingerprint density at radius 2 is 1.95 bits per heavy atom. The van der Waals surface area contributed by atoms with Gasteiger partial charge in [-0.2, -0.15) is 5.10 Å². The van der Waals surface area contributed by atoms with Gasteiger partial charge >= 0.3 is 0 Å². The fourth-order valence-electron chi connectivity index (χ4n) is 2.86. The smallest absolute Gasteiger partial charge is 0.231 e. The van der Waals surface area contributed by atoms with Gasteiger partial charge in [0.2, 0.25) is 6.79 Å². The van der Waals surface area contributed by atoms with Gasteiger partial charge < -0.3 is 9.47 Å². The molecule has 1 aliphatic heterocycles. The van der Waals surface area contributed by atoms with Gasteiger partial charge in [0.05, 0.1) is 11.4 Å². The molecule has 0 spiro atoms. The average molecular weight is 296 g/mol. The molecular weight excluding hydrogens is 280 g/mol. The van der Waals surface area contributed by atoms with E-state index in [2.05, 4.69) is 10.2 Å². The van der Waals surface area contributed by atoms with Crippen LogP contribution in [0.4, 0.5) is 0 Å². The molecule has 2 aromatic rings. The molecule has 0 unspecified atom stereocenters. The number of fused-ring (bicyclic) bond motifs is 1. The van der Waals surface area contributed by atoms with Crippen LogP contribution < -0.4 is 9.47 Å². The van der Waals surface area contributed by atoms with Gasteiger partial charge in [0.1, 0.15) is 0 Å². The van der Waals surface area contributed by atoms with Crippen LogP contribution in [0.3, 0.4) is 0 Å². The summed E-state index contributed by atoms with van der Waals surface area (Å²) >= 11 is 0. The van der Waals surface area contributed by atoms with Gasteiger partial charge in [-0.05, 0) is 55.2 Å². The highest BCUT2D eigenvalue weighted by molar-refractivity contribution is 5.99. The highest BCUT2D eigenvalue weighted by Gasteiger charge is 2.17. The third kappa shape index (κ3) is 2.39. The Labute approximate surface area is 127 Å². The van der Waals surface area contributed by atoms with Crippen LogP contribution >= 0.6 is 0 Å². The van der Waals surface area contributed by atoms with Gasteiger partial charge in [-0.25, -0.2) is 0 Å². The fraction of sp³-hybridized carbons (Fsp3) is 0.294. The average Bonchev–Trinajstić information content (AvgIpc) is 3.17. The summed E-state index contributed by atoms with van der Waals surface area (Å²) in [7, 11) is 0. The predicted molar refractivity (Wildman–Crippen MR) is 81.6 cm³/mol. The second kappa shape index (κ2) is 5.33. The van der Waals surface area contributed by atoms with Crippen LogP contribution in [0.2, 0.25) is 0 Å². The van der Waals surface area contributed by atoms with E-state index < -0.39 is 0 Å². The Morgan fingerprint density at radius 3 is 2.86 bits per heavy atom. The Bertz CT molecular complexity index is 761. The standard InChI is InChI=1S/C17H16N2O3/c20-15-4-2-1-3-12(15)7-13-9-14(19-18-13)11-5-6-16-17(8-11)22-10-21-16/h5-9H,1-4,10H2,(H,18,19)/b12-7+. The van der Waals surface area contributed by atoms with Crippen LogP contribution in [-0.4, -0.2) is 22.8 Å². The first kappa shape index (κ1) is 13.1. The third-order valence-corrected chi connectivity index (χ3v) is 4.05. The molecule has 5 nitrogen and oxygen atoms in total. The molecule has 5 heteroatoms. The molecule has 4 rings (SSSR count). The molecule has 1 aromatic heterocycles. The van der Waals surface area contributed by atoms with Gasteiger partial charge in [-0.15, -0.1) is 0 Å². The number of ether oxygens (including phenoxy) is 2. The number of ketones is 1. The second-order valence-electron chi connectivity index (χ2n) is 5.58. The minimum absolute atomic E-state index is 0.255. The van der Waals surface area contributed by atoms with E-state index in [1.54, 1.807) is 0 Å². The van der Waals surface area contributed by atoms with Crippen molar-refractivity contribution in [3.8, 4) is 22.8 Å². The molecule has 112 valence electrons. The summed E-state index contributed by atoms with van der Waals surface area (Å²) in [6.07, 6.45) is 5.53. The summed E-state index contributed by atoms with van der Waals surface area (Å²) < 4.78 is 10.7. The van der Waals surface area contributed by atoms with Crippen LogP contribution in [-0.2, 0) is 4.79 Å². The number of carbonyl (C=O) groups is 1. The van der Waals surface area contributed by atoms with E-state index in [-0.39, 0.29) is 12.6 Å². The van der Waals surface area contributed by atoms with E-state index in [1.807, 2.05) is 30.3 Å². The zero-order chi connectivity index (χ0) is 14.9. The van der Waals surface area contributed by atoms with Crippen molar-refractivity contribution in [2.75, 3.05) is 6.79 Å². The lowest BCUT2D eigenvalue weighted by atomic mass is 9.93. The van der Waals surface area contributed by atoms with Crippen molar-refractivity contribution >= 4 is 11.9 Å². The van der Waals surface area contributed by atoms with Gasteiger partial charge in [0.25, 0.3) is 0 Å². The minimum atomic E-state index is 0.255. The molecule has 1 aliphatic carbocycles. The fourth-order valence-corrected chi connectivity index (χ4v) is 2.86. The number of Topliss-reactive ketones (excluding diaryl/α,β-unsaturated/α-hetero) is 1. The zero-order valence-corrected chi connectivity index (χ0v) is 12.1. The number of nitrogens with zero attached hydrogens (tertiary/aromatic N) is 1. The number of allylic oxidation sites excluding steroid dienone is 1. The van der Waals surface area contributed by atoms with Crippen LogP contribution in [0, 0.1) is 0 Å². The normalized spacial score (nSPS) is 18.9. The molecular formula is C17H16N2O3. The summed E-state index contributed by atoms with van der Waals surface area (Å²) in [6.45, 7) is 0.263. The Hall–Kier alpha value is -2.56. The molecule has 1 N–H and O–H groups in total. The topological polar surface area (TPSA) is 64.2 Å². The highest BCUT2D eigenvalue weighted by Crippen LogP contribution is 2.35. The molecule has 1 fully saturated rings. The summed E-state index contributed by atoms with van der Waals surface area (Å²) in [6, 6.07) is 7.70. The SMILES string of the molecule is O=C1CCCC/C1=C\c1cc(-c2ccc3c(c2)OCO3)n[nH]1. The molecule has 1 aromatic carbocycles. The predicted octanol–water partition coefficient (Wildman–Crippen LogP) is 3.33. The van der Waals surface area contributed by atoms with E-state index in [9.17, 15) is 4.79 Å². The van der Waals surface area contributed by atoms with Gasteiger partial charge in [-0.3, -0.25) is 9.89 Å². The number of rotatable bonds is 2. The number of H-pyrrole nitrogens is 1. The number of benzene rings is 1. The van der Waals surface area contributed by atoms with Crippen LogP contribution in [0.5, 0.6) is 11.5 Å². The Kier molecular flexibility index (Phi) is 3.18. The Balaban J connectivity index is 1.61. The maximum Gasteiger partial charge on any atom is 0.231 e. The van der Waals surface area contributed by atoms with E-state index in [0.717, 1.165) is 53.3 Å². The van der Waals surface area contributed by atoms with E-state index in [1.165, 1.54) is 0 Å². The van der Waals surface area contributed by atoms with Gasteiger partial charge in [-0.1, -0.05) is 0 Å². The van der Waals surface area contributed by atoms with Crippen molar-refractivity contribution in [3.63, 3.8) is 0 Å². The zero-order valence-electron chi connectivity index (χ0n) is 12.1. The largest absolute Gasteiger partial charge is 0.454 e. The van der Waals surface area contributed by atoms with Gasteiger partial charge in [0, 0.05) is 12.0 Å². The third-order valence-electron chi connectivity index (χ3n) is 4.05. The molecule has 0 saturated heterocycles.